The molecule has 1 aromatic rings. The van der Waals surface area contributed by atoms with Crippen LogP contribution >= 0.6 is 0 Å². The highest BCUT2D eigenvalue weighted by Gasteiger charge is 2.14. The minimum atomic E-state index is -0.815. The number of nitrogens with one attached hydrogen (secondary N) is 1. The number of amidine groups is 1. The molecule has 0 aliphatic rings. The predicted octanol–water partition coefficient (Wildman–Crippen LogP) is 1.11. The first-order valence-corrected chi connectivity index (χ1v) is 3.96. The molecule has 4 heteroatoms. The van der Waals surface area contributed by atoms with Gasteiger partial charge < -0.3 is 15.4 Å². The fourth-order valence-electron chi connectivity index (χ4n) is 0.882. The summed E-state index contributed by atoms with van der Waals surface area (Å²) in [6.07, 6.45) is -0.815. The second-order valence-corrected chi connectivity index (χ2v) is 2.65. The van der Waals surface area contributed by atoms with Crippen molar-refractivity contribution in [1.29, 1.82) is 0 Å². The van der Waals surface area contributed by atoms with Gasteiger partial charge in [0.15, 0.2) is 6.10 Å². The molecule has 0 saturated heterocycles. The van der Waals surface area contributed by atoms with E-state index in [2.05, 4.69) is 10.1 Å². The van der Waals surface area contributed by atoms with E-state index in [-0.39, 0.29) is 5.84 Å². The van der Waals surface area contributed by atoms with E-state index in [9.17, 15) is 0 Å². The Balaban J connectivity index is 2.75. The molecule has 0 spiro atoms. The van der Waals surface area contributed by atoms with Crippen molar-refractivity contribution >= 4 is 11.5 Å². The van der Waals surface area contributed by atoms with Crippen LogP contribution < -0.4 is 5.32 Å². The van der Waals surface area contributed by atoms with Gasteiger partial charge in [-0.1, -0.05) is 18.2 Å². The van der Waals surface area contributed by atoms with Gasteiger partial charge in [0.25, 0.3) is 0 Å². The lowest BCUT2D eigenvalue weighted by molar-refractivity contribution is -0.0189. The molecule has 0 heterocycles. The van der Waals surface area contributed by atoms with Gasteiger partial charge in [0.2, 0.25) is 0 Å². The monoisotopic (exact) mass is 177 g/mol. The molecule has 68 valence electrons. The number of rotatable bonds is 2. The number of aliphatic hydroxyl groups excluding tert-OH is 1. The summed E-state index contributed by atoms with van der Waals surface area (Å²) in [6, 6.07) is 9.20. The lowest BCUT2D eigenvalue weighted by Gasteiger charge is -2.00. The molecule has 0 fully saturated rings. The number of anilines is 1. The number of benzene rings is 1. The Morgan fingerprint density at radius 3 is 2.54 bits per heavy atom. The minimum Gasteiger partial charge on any atom is -0.497 e. The molecule has 0 amide bonds. The largest absolute Gasteiger partial charge is 0.497 e. The fourth-order valence-corrected chi connectivity index (χ4v) is 0.882. The molecule has 1 unspecified atom stereocenters. The Morgan fingerprint density at radius 1 is 1.46 bits per heavy atom. The van der Waals surface area contributed by atoms with Gasteiger partial charge in [-0.05, 0) is 19.1 Å². The third-order valence-electron chi connectivity index (χ3n) is 1.55. The maximum absolute atomic E-state index is 9.12. The number of nitrogens with zero attached hydrogens (tertiary/aromatic N) is 2. The number of hydrogen-bond acceptors (Lipinski definition) is 1. The van der Waals surface area contributed by atoms with E-state index in [0.29, 0.717) is 0 Å². The highest BCUT2D eigenvalue weighted by molar-refractivity contribution is 5.94. The summed E-state index contributed by atoms with van der Waals surface area (Å²) in [5.41, 5.74) is 9.30. The van der Waals surface area contributed by atoms with E-state index in [1.54, 1.807) is 0 Å². The smallest absolute Gasteiger partial charge is 0.360 e. The van der Waals surface area contributed by atoms with Crippen LogP contribution in [0.2, 0.25) is 0 Å². The molecular formula is C9H11N3O. The van der Waals surface area contributed by atoms with Gasteiger partial charge in [-0.15, -0.1) is 0 Å². The lowest BCUT2D eigenvalue weighted by atomic mass is 10.3. The van der Waals surface area contributed by atoms with Crippen LogP contribution in [-0.2, 0) is 0 Å². The molecule has 1 atom stereocenters. The Hall–Kier alpha value is -1.64. The van der Waals surface area contributed by atoms with E-state index in [1.165, 1.54) is 6.92 Å². The summed E-state index contributed by atoms with van der Waals surface area (Å²) in [7, 11) is 0. The zero-order chi connectivity index (χ0) is 9.68. The molecule has 0 aliphatic carbocycles. The van der Waals surface area contributed by atoms with E-state index >= 15 is 0 Å². The van der Waals surface area contributed by atoms with Crippen molar-refractivity contribution in [3.63, 3.8) is 0 Å². The molecule has 4 nitrogen and oxygen atoms in total. The third-order valence-corrected chi connectivity index (χ3v) is 1.55. The molecular weight excluding hydrogens is 166 g/mol. The molecule has 0 bridgehead atoms. The molecule has 13 heavy (non-hydrogen) atoms. The number of para-hydroxylation sites is 1. The third kappa shape index (κ3) is 2.71. The quantitative estimate of drug-likeness (QED) is 0.307. The first kappa shape index (κ1) is 9.45. The summed E-state index contributed by atoms with van der Waals surface area (Å²) >= 11 is 0. The van der Waals surface area contributed by atoms with Crippen molar-refractivity contribution in [3.8, 4) is 0 Å². The Labute approximate surface area is 76.5 Å². The Bertz CT molecular complexity index is 315. The first-order valence-electron chi connectivity index (χ1n) is 3.96. The van der Waals surface area contributed by atoms with E-state index in [1.807, 2.05) is 30.3 Å². The Morgan fingerprint density at radius 2 is 2.08 bits per heavy atom. The van der Waals surface area contributed by atoms with Crippen molar-refractivity contribution in [2.75, 3.05) is 5.32 Å². The SMILES string of the molecule is CC(O)C(=[N+]=[N-])Nc1ccccc1. The molecule has 0 radical (unpaired) electrons. The van der Waals surface area contributed by atoms with Gasteiger partial charge in [-0.2, -0.15) is 0 Å². The van der Waals surface area contributed by atoms with Crippen LogP contribution in [0.3, 0.4) is 0 Å². The van der Waals surface area contributed by atoms with Gasteiger partial charge in [-0.3, -0.25) is 0 Å². The molecule has 0 saturated carbocycles. The zero-order valence-corrected chi connectivity index (χ0v) is 7.31. The Kier molecular flexibility index (Phi) is 3.20. The summed E-state index contributed by atoms with van der Waals surface area (Å²) in [5, 5.41) is 11.9. The topological polar surface area (TPSA) is 68.7 Å². The average Bonchev–Trinajstić information content (AvgIpc) is 2.15. The maximum atomic E-state index is 9.12. The highest BCUT2D eigenvalue weighted by Crippen LogP contribution is 2.04. The molecule has 2 N–H and O–H groups in total. The molecule has 1 rings (SSSR count). The number of aliphatic hydroxyl groups is 1. The highest BCUT2D eigenvalue weighted by atomic mass is 16.3. The lowest BCUT2D eigenvalue weighted by Crippen LogP contribution is -2.25. The molecule has 0 aromatic heterocycles. The van der Waals surface area contributed by atoms with Crippen molar-refractivity contribution in [3.05, 3.63) is 35.9 Å². The van der Waals surface area contributed by atoms with Crippen LogP contribution in [0.4, 0.5) is 5.69 Å². The van der Waals surface area contributed by atoms with Crippen LogP contribution in [-0.4, -0.2) is 21.8 Å². The van der Waals surface area contributed by atoms with Crippen molar-refractivity contribution < 1.29 is 9.90 Å². The van der Waals surface area contributed by atoms with E-state index in [4.69, 9.17) is 10.6 Å². The fraction of sp³-hybridized carbons (Fsp3) is 0.222. The van der Waals surface area contributed by atoms with Crippen LogP contribution in [0.5, 0.6) is 0 Å². The van der Waals surface area contributed by atoms with Gasteiger partial charge in [0.05, 0.1) is 0 Å². The summed E-state index contributed by atoms with van der Waals surface area (Å²) in [5.74, 6) is 0.131. The van der Waals surface area contributed by atoms with Gasteiger partial charge >= 0.3 is 5.84 Å². The predicted molar refractivity (Wildman–Crippen MR) is 50.4 cm³/mol. The van der Waals surface area contributed by atoms with Gasteiger partial charge in [-0.25, -0.2) is 5.32 Å². The van der Waals surface area contributed by atoms with Gasteiger partial charge in [0, 0.05) is 0 Å². The maximum Gasteiger partial charge on any atom is 0.360 e. The van der Waals surface area contributed by atoms with Crippen molar-refractivity contribution in [1.82, 2.24) is 0 Å². The molecule has 1 aromatic carbocycles. The van der Waals surface area contributed by atoms with Crippen LogP contribution in [0.1, 0.15) is 6.92 Å². The summed E-state index contributed by atoms with van der Waals surface area (Å²) in [6.45, 7) is 1.52. The summed E-state index contributed by atoms with van der Waals surface area (Å²) in [4.78, 5) is 2.94. The summed E-state index contributed by atoms with van der Waals surface area (Å²) < 4.78 is 0. The molecule has 0 aliphatic heterocycles. The van der Waals surface area contributed by atoms with E-state index in [0.717, 1.165) is 5.69 Å². The second-order valence-electron chi connectivity index (χ2n) is 2.65. The van der Waals surface area contributed by atoms with E-state index < -0.39 is 6.10 Å². The normalized spacial score (nSPS) is 11.5. The average molecular weight is 177 g/mol. The number of hydrogen-bond donors (Lipinski definition) is 2. The van der Waals surface area contributed by atoms with Crippen LogP contribution in [0.15, 0.2) is 30.3 Å². The standard InChI is InChI=1S/C9H11N3O/c1-7(13)9(12-10)11-8-5-3-2-4-6-8/h2-7,11,13H,1H3. The minimum absolute atomic E-state index is 0.131. The van der Waals surface area contributed by atoms with Crippen LogP contribution in [0.25, 0.3) is 5.53 Å². The van der Waals surface area contributed by atoms with Crippen molar-refractivity contribution in [2.45, 2.75) is 13.0 Å². The van der Waals surface area contributed by atoms with Crippen molar-refractivity contribution in [2.24, 2.45) is 0 Å². The second kappa shape index (κ2) is 4.40. The first-order chi connectivity index (χ1) is 6.24. The zero-order valence-electron chi connectivity index (χ0n) is 7.31. The van der Waals surface area contributed by atoms with Crippen LogP contribution in [0, 0.1) is 0 Å². The van der Waals surface area contributed by atoms with Gasteiger partial charge in [0.1, 0.15) is 5.69 Å².